The Morgan fingerprint density at radius 1 is 0.588 bits per heavy atom. The third-order valence-electron chi connectivity index (χ3n) is 16.0. The zero-order chi connectivity index (χ0) is 57.9. The number of piperazine rings is 2. The molecule has 0 unspecified atom stereocenters. The average molecular weight is 1110 g/mol. The molecule has 4 fully saturated rings. The molecule has 28 heteroatoms. The number of benzene rings is 2. The minimum atomic E-state index is -0.957. The predicted molar refractivity (Wildman–Crippen MR) is 280 cm³/mol. The summed E-state index contributed by atoms with van der Waals surface area (Å²) < 4.78 is 21.6. The van der Waals surface area contributed by atoms with Crippen LogP contribution in [0.2, 0.25) is 0 Å². The first-order valence-corrected chi connectivity index (χ1v) is 25.7. The van der Waals surface area contributed by atoms with Crippen molar-refractivity contribution in [2.45, 2.75) is 49.5 Å². The molecule has 0 aromatic heterocycles. The molecule has 80 heavy (non-hydrogen) atoms. The van der Waals surface area contributed by atoms with E-state index in [4.69, 9.17) is 52.1 Å². The number of allylic oxidation sites excluding steroid dienone is 4. The number of nitrogens with one attached hydrogen (secondary N) is 6. The Kier molecular flexibility index (Phi) is 15.6. The van der Waals surface area contributed by atoms with E-state index in [-0.39, 0.29) is 130 Å². The van der Waals surface area contributed by atoms with Gasteiger partial charge in [0.1, 0.15) is 24.7 Å². The molecular formula is C52H64N12O16. The minimum Gasteiger partial charge on any atom is -0.507 e. The van der Waals surface area contributed by atoms with Crippen LogP contribution in [0.1, 0.15) is 45.7 Å². The van der Waals surface area contributed by atoms with E-state index >= 15 is 0 Å². The molecule has 2 amide bonds. The molecule has 3 aliphatic carbocycles. The van der Waals surface area contributed by atoms with Crippen LogP contribution >= 0.6 is 0 Å². The second kappa shape index (κ2) is 21.9. The third kappa shape index (κ3) is 9.05. The number of fused-ring (bicyclic) bond motifs is 10. The van der Waals surface area contributed by atoms with Gasteiger partial charge in [0, 0.05) is 112 Å². The lowest BCUT2D eigenvalue weighted by molar-refractivity contribution is -0.137. The second-order valence-corrected chi connectivity index (χ2v) is 20.1. The molecule has 0 saturated carbocycles. The van der Waals surface area contributed by atoms with Crippen LogP contribution in [-0.2, 0) is 38.1 Å². The number of methoxy groups -OCH3 is 2. The van der Waals surface area contributed by atoms with Crippen LogP contribution in [0.25, 0.3) is 0 Å². The Balaban J connectivity index is 0.000000147. The van der Waals surface area contributed by atoms with Gasteiger partial charge in [0.2, 0.25) is 34.7 Å². The third-order valence-corrected chi connectivity index (χ3v) is 16.0. The Morgan fingerprint density at radius 2 is 0.963 bits per heavy atom. The number of hydrogen-bond donors (Lipinski definition) is 14. The molecule has 8 atom stereocenters. The number of aromatic hydroxyl groups is 2. The van der Waals surface area contributed by atoms with Crippen molar-refractivity contribution in [3.05, 3.63) is 91.6 Å². The van der Waals surface area contributed by atoms with Gasteiger partial charge in [0.05, 0.1) is 82.2 Å². The number of carbonyl (C=O) groups is 8. The number of ketones is 6. The molecule has 6 aliphatic heterocycles. The van der Waals surface area contributed by atoms with Crippen molar-refractivity contribution in [2.75, 3.05) is 104 Å². The Labute approximate surface area is 456 Å². The number of hydrogen-bond acceptors (Lipinski definition) is 26. The van der Waals surface area contributed by atoms with Gasteiger partial charge in [-0.25, -0.2) is 9.59 Å². The summed E-state index contributed by atoms with van der Waals surface area (Å²) in [5, 5.41) is 57.1. The fraction of sp³-hybridized carbons (Fsp3) is 0.462. The zero-order valence-electron chi connectivity index (χ0n) is 44.2. The summed E-state index contributed by atoms with van der Waals surface area (Å²) in [7, 11) is 3.04. The van der Waals surface area contributed by atoms with Gasteiger partial charge >= 0.3 is 12.2 Å². The number of phenolic OH excluding ortho intramolecular Hbond substituents is 2. The van der Waals surface area contributed by atoms with Gasteiger partial charge in [0.15, 0.2) is 11.4 Å². The summed E-state index contributed by atoms with van der Waals surface area (Å²) in [6, 6.07) is 5.96. The first kappa shape index (κ1) is 56.7. The molecule has 0 radical (unpaired) electrons. The van der Waals surface area contributed by atoms with Crippen LogP contribution in [0.5, 0.6) is 11.5 Å². The Hall–Kier alpha value is -7.96. The van der Waals surface area contributed by atoms with E-state index in [1.54, 1.807) is 12.1 Å². The van der Waals surface area contributed by atoms with Crippen molar-refractivity contribution in [1.82, 2.24) is 31.1 Å². The molecule has 2 aromatic carbocycles. The maximum atomic E-state index is 13.4. The number of amides is 2. The number of phenols is 2. The lowest BCUT2D eigenvalue weighted by Crippen LogP contribution is -2.55. The number of Topliss-reactive ketones (excluding diaryl/α,β-unsaturated/α-hetero) is 4. The number of rotatable bonds is 18. The van der Waals surface area contributed by atoms with Gasteiger partial charge in [-0.1, -0.05) is 0 Å². The van der Waals surface area contributed by atoms with Crippen molar-refractivity contribution in [3.63, 3.8) is 0 Å². The van der Waals surface area contributed by atoms with Crippen molar-refractivity contribution in [1.29, 1.82) is 0 Å². The van der Waals surface area contributed by atoms with E-state index in [9.17, 15) is 48.6 Å². The van der Waals surface area contributed by atoms with Gasteiger partial charge in [-0.05, 0) is 38.1 Å². The molecule has 6 heterocycles. The lowest BCUT2D eigenvalue weighted by atomic mass is 9.81. The molecule has 0 bridgehead atoms. The van der Waals surface area contributed by atoms with Gasteiger partial charge in [-0.2, -0.15) is 0 Å². The molecule has 18 N–H and O–H groups in total. The van der Waals surface area contributed by atoms with Crippen LogP contribution < -0.4 is 54.8 Å². The summed E-state index contributed by atoms with van der Waals surface area (Å²) in [5.41, 5.74) is 22.0. The molecule has 428 valence electrons. The van der Waals surface area contributed by atoms with Crippen molar-refractivity contribution in [3.8, 4) is 11.5 Å². The van der Waals surface area contributed by atoms with Crippen LogP contribution in [0.15, 0.2) is 69.3 Å². The summed E-state index contributed by atoms with van der Waals surface area (Å²) in [5.74, 6) is -4.54. The molecule has 0 spiro atoms. The second-order valence-electron chi connectivity index (χ2n) is 20.1. The fourth-order valence-electron chi connectivity index (χ4n) is 12.3. The minimum absolute atomic E-state index is 0.00939. The molecule has 4 saturated heterocycles. The SMILES string of the molecule is CO[C@@]12[C@H](COC(N)=O)C3=C(C(=O)C(C)=C(N)C3=O)N1C[C@@H]1N[C@@H]12.CO[C@@]12[C@H](COC(N)=O)C3=C(C(=O)C(C)=C(N)C3=O)N1C[C@@H]1N[C@@H]12.O=C1c2c(O)ccc(O)c2C(=O)c2c(NCCNCCO)ccc(NCCNCCO)c21. The number of carbonyl (C=O) groups excluding carboxylic acids is 8. The zero-order valence-corrected chi connectivity index (χ0v) is 44.2. The topological polar surface area (TPSA) is 457 Å². The van der Waals surface area contributed by atoms with Crippen molar-refractivity contribution >= 4 is 58.3 Å². The summed E-state index contributed by atoms with van der Waals surface area (Å²) in [6.45, 7) is 6.65. The normalized spacial score (nSPS) is 27.0. The van der Waals surface area contributed by atoms with Crippen molar-refractivity contribution < 1.29 is 77.7 Å². The Bertz CT molecular complexity index is 2950. The van der Waals surface area contributed by atoms with E-state index in [0.717, 1.165) is 0 Å². The van der Waals surface area contributed by atoms with Gasteiger partial charge < -0.3 is 104 Å². The van der Waals surface area contributed by atoms with E-state index in [2.05, 4.69) is 31.9 Å². The van der Waals surface area contributed by atoms with Crippen LogP contribution in [0.3, 0.4) is 0 Å². The van der Waals surface area contributed by atoms with Gasteiger partial charge in [0.25, 0.3) is 0 Å². The van der Waals surface area contributed by atoms with Gasteiger partial charge in [-0.3, -0.25) is 28.8 Å². The lowest BCUT2D eigenvalue weighted by Gasteiger charge is -2.39. The first-order chi connectivity index (χ1) is 38.2. The first-order valence-electron chi connectivity index (χ1n) is 25.7. The maximum Gasteiger partial charge on any atom is 0.404 e. The summed E-state index contributed by atoms with van der Waals surface area (Å²) >= 11 is 0. The molecular weight excluding hydrogens is 1050 g/mol. The number of aliphatic hydroxyl groups excluding tert-OH is 2. The number of nitrogens with two attached hydrogens (primary N) is 4. The van der Waals surface area contributed by atoms with E-state index < -0.39 is 58.6 Å². The number of aliphatic hydroxyl groups is 2. The fourth-order valence-corrected chi connectivity index (χ4v) is 12.3. The highest BCUT2D eigenvalue weighted by Gasteiger charge is 2.74. The number of ether oxygens (including phenoxy) is 4. The summed E-state index contributed by atoms with van der Waals surface area (Å²) in [4.78, 5) is 104. The average Bonchev–Trinajstić information content (AvgIpc) is 4.46. The molecule has 11 rings (SSSR count). The predicted octanol–water partition coefficient (Wildman–Crippen LogP) is -3.44. The highest BCUT2D eigenvalue weighted by atomic mass is 16.6. The monoisotopic (exact) mass is 1110 g/mol. The van der Waals surface area contributed by atoms with E-state index in [0.29, 0.717) is 75.1 Å². The smallest absolute Gasteiger partial charge is 0.404 e. The summed E-state index contributed by atoms with van der Waals surface area (Å²) in [6.07, 6.45) is -1.90. The van der Waals surface area contributed by atoms with Crippen LogP contribution in [0, 0.1) is 11.8 Å². The largest absolute Gasteiger partial charge is 0.507 e. The van der Waals surface area contributed by atoms with Crippen LogP contribution in [0.4, 0.5) is 21.0 Å². The van der Waals surface area contributed by atoms with Crippen LogP contribution in [-0.4, -0.2) is 206 Å². The van der Waals surface area contributed by atoms with Gasteiger partial charge in [-0.15, -0.1) is 0 Å². The number of anilines is 2. The molecule has 28 nitrogen and oxygen atoms in total. The standard InChI is InChI=1S/C22H28N4O6.2C15H18N4O5/c27-11-9-23-5-7-25-13-1-2-14(26-8-6-24-10-12-28)18-17(13)21(31)19-15(29)3-4-16(30)20(19)22(18)32;2*1-5-9(16)12(21)8-6(4-24-14(17)22)15(23-2)13-7(18-13)3-19(15)10(8)11(5)20/h1-4,23-30H,5-12H2;2*6-7,13,18H,3-4,16H2,1-2H3,(H2,17,22)/t;2*6-,7+,13+,15-/m.11/s1. The van der Waals surface area contributed by atoms with E-state index in [1.165, 1.54) is 40.2 Å². The molecule has 2 aromatic rings. The quantitative estimate of drug-likeness (QED) is 0.0255. The number of primary amides is 2. The number of nitrogens with zero attached hydrogens (tertiary/aromatic N) is 2. The van der Waals surface area contributed by atoms with Crippen molar-refractivity contribution in [2.24, 2.45) is 34.8 Å². The van der Waals surface area contributed by atoms with E-state index in [1.807, 2.05) is 9.80 Å². The maximum absolute atomic E-state index is 13.4. The Morgan fingerprint density at radius 3 is 1.30 bits per heavy atom. The molecule has 9 aliphatic rings. The highest BCUT2D eigenvalue weighted by molar-refractivity contribution is 6.33. The highest BCUT2D eigenvalue weighted by Crippen LogP contribution is 2.57.